The summed E-state index contributed by atoms with van der Waals surface area (Å²) in [6.45, 7) is 6.25. The molecule has 0 atom stereocenters. The molecular weight excluding hydrogens is 387 g/mol. The lowest BCUT2D eigenvalue weighted by atomic mass is 10.1. The molecule has 1 amide bonds. The van der Waals surface area contributed by atoms with Crippen molar-refractivity contribution in [2.24, 2.45) is 0 Å². The summed E-state index contributed by atoms with van der Waals surface area (Å²) < 4.78 is 11.0. The van der Waals surface area contributed by atoms with Gasteiger partial charge in [0.25, 0.3) is 5.91 Å². The number of methoxy groups -OCH3 is 1. The Morgan fingerprint density at radius 3 is 2.41 bits per heavy atom. The quantitative estimate of drug-likeness (QED) is 0.680. The Morgan fingerprint density at radius 1 is 1.04 bits per heavy atom. The second-order valence-electron chi connectivity index (χ2n) is 7.05. The van der Waals surface area contributed by atoms with E-state index in [-0.39, 0.29) is 18.1 Å². The summed E-state index contributed by atoms with van der Waals surface area (Å²) in [6.07, 6.45) is 0. The Morgan fingerprint density at radius 2 is 1.78 bits per heavy atom. The monoisotopic (exact) mass is 410 g/mol. The molecular formula is C20H24Cl2N2O3. The Balaban J connectivity index is 1.98. The minimum absolute atomic E-state index is 0.0749. The zero-order valence-corrected chi connectivity index (χ0v) is 17.4. The van der Waals surface area contributed by atoms with Gasteiger partial charge in [0.1, 0.15) is 0 Å². The van der Waals surface area contributed by atoms with Crippen LogP contribution >= 0.6 is 23.2 Å². The SMILES string of the molecule is COc1cc(CNc2ccc(Cl)c(Cl)c2)ccc1OCC(=O)NC(C)(C)C. The number of halogens is 2. The molecule has 0 fully saturated rings. The lowest BCUT2D eigenvalue weighted by Crippen LogP contribution is -2.43. The molecule has 0 saturated carbocycles. The minimum Gasteiger partial charge on any atom is -0.493 e. The van der Waals surface area contributed by atoms with Gasteiger partial charge in [-0.1, -0.05) is 29.3 Å². The molecule has 0 aliphatic rings. The summed E-state index contributed by atoms with van der Waals surface area (Å²) >= 11 is 11.9. The van der Waals surface area contributed by atoms with Gasteiger partial charge in [0, 0.05) is 17.8 Å². The molecule has 5 nitrogen and oxygen atoms in total. The van der Waals surface area contributed by atoms with Crippen molar-refractivity contribution in [2.75, 3.05) is 19.0 Å². The molecule has 2 rings (SSSR count). The number of hydrogen-bond donors (Lipinski definition) is 2. The van der Waals surface area contributed by atoms with E-state index in [4.69, 9.17) is 32.7 Å². The Labute approximate surface area is 170 Å². The topological polar surface area (TPSA) is 59.6 Å². The number of ether oxygens (including phenoxy) is 2. The van der Waals surface area contributed by atoms with E-state index in [1.54, 1.807) is 25.3 Å². The number of nitrogens with one attached hydrogen (secondary N) is 2. The molecule has 2 aromatic rings. The number of benzene rings is 2. The standard InChI is InChI=1S/C20H24Cl2N2O3/c1-20(2,3)24-19(25)12-27-17-8-5-13(9-18(17)26-4)11-23-14-6-7-15(21)16(22)10-14/h5-10,23H,11-12H2,1-4H3,(H,24,25). The van der Waals surface area contributed by atoms with Crippen LogP contribution in [0.3, 0.4) is 0 Å². The van der Waals surface area contributed by atoms with Crippen LogP contribution in [-0.2, 0) is 11.3 Å². The van der Waals surface area contributed by atoms with Gasteiger partial charge >= 0.3 is 0 Å². The number of amides is 1. The maximum Gasteiger partial charge on any atom is 0.258 e. The van der Waals surface area contributed by atoms with Gasteiger partial charge in [-0.05, 0) is 56.7 Å². The molecule has 0 aromatic heterocycles. The average molecular weight is 411 g/mol. The predicted octanol–water partition coefficient (Wildman–Crippen LogP) is 4.91. The first-order valence-electron chi connectivity index (χ1n) is 8.47. The summed E-state index contributed by atoms with van der Waals surface area (Å²) in [5, 5.41) is 7.13. The summed E-state index contributed by atoms with van der Waals surface area (Å²) in [5.74, 6) is 0.891. The van der Waals surface area contributed by atoms with Gasteiger partial charge in [-0.2, -0.15) is 0 Å². The predicted molar refractivity (Wildman–Crippen MR) is 110 cm³/mol. The fourth-order valence-corrected chi connectivity index (χ4v) is 2.65. The van der Waals surface area contributed by atoms with Crippen LogP contribution in [0.15, 0.2) is 36.4 Å². The zero-order chi connectivity index (χ0) is 20.0. The van der Waals surface area contributed by atoms with Gasteiger partial charge < -0.3 is 20.1 Å². The summed E-state index contributed by atoms with van der Waals surface area (Å²) in [5.41, 5.74) is 1.55. The van der Waals surface area contributed by atoms with Gasteiger partial charge in [-0.25, -0.2) is 0 Å². The average Bonchev–Trinajstić information content (AvgIpc) is 2.59. The van der Waals surface area contributed by atoms with Crippen molar-refractivity contribution < 1.29 is 14.3 Å². The zero-order valence-electron chi connectivity index (χ0n) is 15.9. The summed E-state index contributed by atoms with van der Waals surface area (Å²) in [4.78, 5) is 11.9. The molecule has 0 radical (unpaired) electrons. The van der Waals surface area contributed by atoms with Crippen molar-refractivity contribution >= 4 is 34.8 Å². The summed E-state index contributed by atoms with van der Waals surface area (Å²) in [7, 11) is 1.56. The Hall–Kier alpha value is -2.11. The van der Waals surface area contributed by atoms with E-state index in [9.17, 15) is 4.79 Å². The van der Waals surface area contributed by atoms with Crippen molar-refractivity contribution in [2.45, 2.75) is 32.9 Å². The number of rotatable bonds is 7. The van der Waals surface area contributed by atoms with E-state index in [1.165, 1.54) is 0 Å². The number of carbonyl (C=O) groups excluding carboxylic acids is 1. The molecule has 7 heteroatoms. The van der Waals surface area contributed by atoms with Gasteiger partial charge in [-0.3, -0.25) is 4.79 Å². The van der Waals surface area contributed by atoms with Crippen molar-refractivity contribution in [3.63, 3.8) is 0 Å². The molecule has 0 aliphatic heterocycles. The lowest BCUT2D eigenvalue weighted by molar-refractivity contribution is -0.124. The highest BCUT2D eigenvalue weighted by atomic mass is 35.5. The van der Waals surface area contributed by atoms with Crippen LogP contribution in [-0.4, -0.2) is 25.2 Å². The van der Waals surface area contributed by atoms with Crippen molar-refractivity contribution in [3.8, 4) is 11.5 Å². The minimum atomic E-state index is -0.301. The second kappa shape index (κ2) is 9.20. The third-order valence-electron chi connectivity index (χ3n) is 3.52. The molecule has 0 saturated heterocycles. The number of anilines is 1. The van der Waals surface area contributed by atoms with Crippen molar-refractivity contribution in [3.05, 3.63) is 52.0 Å². The van der Waals surface area contributed by atoms with Gasteiger partial charge in [0.05, 0.1) is 17.2 Å². The van der Waals surface area contributed by atoms with Crippen molar-refractivity contribution in [1.82, 2.24) is 5.32 Å². The second-order valence-corrected chi connectivity index (χ2v) is 7.87. The van der Waals surface area contributed by atoms with E-state index in [1.807, 2.05) is 39.0 Å². The normalized spacial score (nSPS) is 11.0. The first-order chi connectivity index (χ1) is 12.7. The van der Waals surface area contributed by atoms with Crippen LogP contribution in [0.2, 0.25) is 10.0 Å². The molecule has 0 unspecified atom stereocenters. The fourth-order valence-electron chi connectivity index (χ4n) is 2.35. The molecule has 0 bridgehead atoms. The molecule has 2 aromatic carbocycles. The third-order valence-corrected chi connectivity index (χ3v) is 4.26. The molecule has 27 heavy (non-hydrogen) atoms. The number of carbonyl (C=O) groups is 1. The van der Waals surface area contributed by atoms with Crippen LogP contribution < -0.4 is 20.1 Å². The van der Waals surface area contributed by atoms with Crippen LogP contribution in [0.25, 0.3) is 0 Å². The molecule has 0 spiro atoms. The highest BCUT2D eigenvalue weighted by Crippen LogP contribution is 2.29. The van der Waals surface area contributed by atoms with Crippen LogP contribution in [0.5, 0.6) is 11.5 Å². The Kier molecular flexibility index (Phi) is 7.22. The molecule has 2 N–H and O–H groups in total. The van der Waals surface area contributed by atoms with Crippen LogP contribution in [0.1, 0.15) is 26.3 Å². The fraction of sp³-hybridized carbons (Fsp3) is 0.350. The van der Waals surface area contributed by atoms with Gasteiger partial charge in [-0.15, -0.1) is 0 Å². The summed E-state index contributed by atoms with van der Waals surface area (Å²) in [6, 6.07) is 10.9. The highest BCUT2D eigenvalue weighted by Gasteiger charge is 2.15. The first-order valence-corrected chi connectivity index (χ1v) is 9.23. The van der Waals surface area contributed by atoms with E-state index in [0.29, 0.717) is 28.1 Å². The molecule has 0 heterocycles. The smallest absolute Gasteiger partial charge is 0.258 e. The number of hydrogen-bond acceptors (Lipinski definition) is 4. The van der Waals surface area contributed by atoms with Crippen LogP contribution in [0, 0.1) is 0 Å². The van der Waals surface area contributed by atoms with Crippen molar-refractivity contribution in [1.29, 1.82) is 0 Å². The maximum absolute atomic E-state index is 11.9. The molecule has 0 aliphatic carbocycles. The Bertz CT molecular complexity index is 804. The largest absolute Gasteiger partial charge is 0.493 e. The van der Waals surface area contributed by atoms with E-state index in [2.05, 4.69) is 10.6 Å². The van der Waals surface area contributed by atoms with Crippen LogP contribution in [0.4, 0.5) is 5.69 Å². The molecule has 146 valence electrons. The third kappa shape index (κ3) is 6.85. The van der Waals surface area contributed by atoms with E-state index >= 15 is 0 Å². The maximum atomic E-state index is 11.9. The van der Waals surface area contributed by atoms with E-state index < -0.39 is 0 Å². The highest BCUT2D eigenvalue weighted by molar-refractivity contribution is 6.42. The lowest BCUT2D eigenvalue weighted by Gasteiger charge is -2.20. The van der Waals surface area contributed by atoms with Gasteiger partial charge in [0.2, 0.25) is 0 Å². The van der Waals surface area contributed by atoms with E-state index in [0.717, 1.165) is 11.3 Å². The van der Waals surface area contributed by atoms with Gasteiger partial charge in [0.15, 0.2) is 18.1 Å². The first kappa shape index (κ1) is 21.2.